The fourth-order valence-corrected chi connectivity index (χ4v) is 3.52. The number of nitrogens with one attached hydrogen (secondary N) is 2. The summed E-state index contributed by atoms with van der Waals surface area (Å²) >= 11 is 6.20. The molecule has 0 aromatic heterocycles. The van der Waals surface area contributed by atoms with Crippen LogP contribution < -0.4 is 15.5 Å². The van der Waals surface area contributed by atoms with Gasteiger partial charge in [-0.2, -0.15) is 0 Å². The molecule has 3 rings (SSSR count). The maximum Gasteiger partial charge on any atom is 0.252 e. The number of carbonyl (C=O) groups excluding carboxylic acids is 3. The highest BCUT2D eigenvalue weighted by Gasteiger charge is 2.47. The van der Waals surface area contributed by atoms with Gasteiger partial charge >= 0.3 is 0 Å². The van der Waals surface area contributed by atoms with E-state index in [0.29, 0.717) is 31.5 Å². The number of amides is 3. The molecule has 1 atom stereocenters. The van der Waals surface area contributed by atoms with Crippen LogP contribution in [-0.2, 0) is 19.1 Å². The number of benzene rings is 2. The van der Waals surface area contributed by atoms with Crippen LogP contribution in [0.25, 0.3) is 0 Å². The second-order valence-corrected chi connectivity index (χ2v) is 7.86. The third-order valence-corrected chi connectivity index (χ3v) is 5.26. The molecule has 0 radical (unpaired) electrons. The Kier molecular flexibility index (Phi) is 10.3. The van der Waals surface area contributed by atoms with Crippen LogP contribution in [0.1, 0.15) is 24.4 Å². The van der Waals surface area contributed by atoms with Crippen LogP contribution >= 0.6 is 11.6 Å². The molecule has 34 heavy (non-hydrogen) atoms. The average Bonchev–Trinajstić information content (AvgIpc) is 2.77. The third-order valence-electron chi connectivity index (χ3n) is 4.92. The molecule has 1 aliphatic carbocycles. The van der Waals surface area contributed by atoms with E-state index in [-0.39, 0.29) is 10.7 Å². The number of ether oxygens (including phenoxy) is 1. The van der Waals surface area contributed by atoms with Gasteiger partial charge in [0.15, 0.2) is 0 Å². The van der Waals surface area contributed by atoms with Gasteiger partial charge in [0.25, 0.3) is 5.92 Å². The molecule has 2 aromatic carbocycles. The molecule has 0 bridgehead atoms. The predicted molar refractivity (Wildman–Crippen MR) is 121 cm³/mol. The second-order valence-electron chi connectivity index (χ2n) is 7.45. The van der Waals surface area contributed by atoms with Gasteiger partial charge in [-0.15, -0.1) is 0 Å². The number of hydrogen-bond acceptors (Lipinski definition) is 4. The summed E-state index contributed by atoms with van der Waals surface area (Å²) in [5.74, 6) is -4.05. The highest BCUT2D eigenvalue weighted by Crippen LogP contribution is 2.38. The highest BCUT2D eigenvalue weighted by atomic mass is 35.5. The van der Waals surface area contributed by atoms with Crippen molar-refractivity contribution in [3.05, 3.63) is 64.9 Å². The Morgan fingerprint density at radius 2 is 1.94 bits per heavy atom. The molecule has 0 spiro atoms. The van der Waals surface area contributed by atoms with Crippen LogP contribution in [0.4, 0.5) is 18.9 Å². The first-order valence-electron chi connectivity index (χ1n) is 10.3. The minimum Gasteiger partial charge on any atom is -0.383 e. The van der Waals surface area contributed by atoms with Crippen molar-refractivity contribution in [1.29, 1.82) is 0 Å². The van der Waals surface area contributed by atoms with Gasteiger partial charge in [0.1, 0.15) is 11.9 Å². The van der Waals surface area contributed by atoms with Crippen molar-refractivity contribution in [2.75, 3.05) is 25.2 Å². The quantitative estimate of drug-likeness (QED) is 0.387. The van der Waals surface area contributed by atoms with Gasteiger partial charge in [-0.25, -0.2) is 13.2 Å². The number of rotatable bonds is 10. The second kappa shape index (κ2) is 13.0. The van der Waals surface area contributed by atoms with Gasteiger partial charge in [-0.3, -0.25) is 19.3 Å². The van der Waals surface area contributed by atoms with Gasteiger partial charge in [0.2, 0.25) is 18.7 Å². The van der Waals surface area contributed by atoms with Gasteiger partial charge in [-0.1, -0.05) is 35.9 Å². The van der Waals surface area contributed by atoms with Crippen LogP contribution in [0.15, 0.2) is 48.5 Å². The Balaban J connectivity index is 0.000000509. The van der Waals surface area contributed by atoms with E-state index in [1.807, 2.05) is 0 Å². The Morgan fingerprint density at radius 3 is 2.50 bits per heavy atom. The molecule has 2 aromatic rings. The summed E-state index contributed by atoms with van der Waals surface area (Å²) < 4.78 is 44.4. The first-order valence-corrected chi connectivity index (χ1v) is 10.7. The molecule has 7 nitrogen and oxygen atoms in total. The zero-order valence-corrected chi connectivity index (χ0v) is 19.1. The number of carbonyl (C=O) groups is 3. The molecule has 1 saturated carbocycles. The lowest BCUT2D eigenvalue weighted by atomic mass is 9.87. The van der Waals surface area contributed by atoms with Gasteiger partial charge in [0, 0.05) is 48.8 Å². The van der Waals surface area contributed by atoms with Crippen molar-refractivity contribution in [3.63, 3.8) is 0 Å². The van der Waals surface area contributed by atoms with Crippen molar-refractivity contribution in [3.8, 4) is 0 Å². The highest BCUT2D eigenvalue weighted by molar-refractivity contribution is 6.31. The number of nitrogens with zero attached hydrogens (tertiary/aromatic N) is 1. The molecule has 184 valence electrons. The zero-order valence-electron chi connectivity index (χ0n) is 18.3. The first-order chi connectivity index (χ1) is 16.2. The van der Waals surface area contributed by atoms with Crippen LogP contribution in [0.2, 0.25) is 5.02 Å². The Labute approximate surface area is 200 Å². The number of anilines is 1. The summed E-state index contributed by atoms with van der Waals surface area (Å²) in [7, 11) is 1.59. The lowest BCUT2D eigenvalue weighted by molar-refractivity contribution is -0.131. The van der Waals surface area contributed by atoms with E-state index in [2.05, 4.69) is 15.4 Å². The van der Waals surface area contributed by atoms with Gasteiger partial charge in [-0.05, 0) is 24.3 Å². The van der Waals surface area contributed by atoms with E-state index in [9.17, 15) is 27.6 Å². The van der Waals surface area contributed by atoms with E-state index in [4.69, 9.17) is 11.6 Å². The Hall–Kier alpha value is -3.11. The summed E-state index contributed by atoms with van der Waals surface area (Å²) in [6.45, 7) is 1.18. The maximum atomic E-state index is 13.6. The molecular formula is C23H25ClF3N3O4. The van der Waals surface area contributed by atoms with E-state index in [1.54, 1.807) is 31.4 Å². The van der Waals surface area contributed by atoms with Crippen molar-refractivity contribution >= 4 is 36.0 Å². The van der Waals surface area contributed by atoms with Crippen LogP contribution in [0.3, 0.4) is 0 Å². The molecular weight excluding hydrogens is 475 g/mol. The van der Waals surface area contributed by atoms with Crippen molar-refractivity contribution in [1.82, 2.24) is 10.6 Å². The van der Waals surface area contributed by atoms with Crippen molar-refractivity contribution < 1.29 is 32.3 Å². The molecule has 1 fully saturated rings. The van der Waals surface area contributed by atoms with E-state index < -0.39 is 42.6 Å². The zero-order chi connectivity index (χ0) is 25.1. The Bertz CT molecular complexity index is 972. The Morgan fingerprint density at radius 1 is 1.24 bits per heavy atom. The molecule has 1 unspecified atom stereocenters. The van der Waals surface area contributed by atoms with Gasteiger partial charge in [0.05, 0.1) is 6.61 Å². The van der Waals surface area contributed by atoms with Crippen molar-refractivity contribution in [2.45, 2.75) is 30.8 Å². The number of hydrogen-bond donors (Lipinski definition) is 2. The molecule has 0 aliphatic heterocycles. The van der Waals surface area contributed by atoms with Crippen LogP contribution in [0.5, 0.6) is 0 Å². The minimum absolute atomic E-state index is 0.143. The summed E-state index contributed by atoms with van der Waals surface area (Å²) in [5, 5.41) is 5.19. The summed E-state index contributed by atoms with van der Waals surface area (Å²) in [5.41, 5.74) is 0.447. The van der Waals surface area contributed by atoms with Gasteiger partial charge < -0.3 is 15.4 Å². The smallest absolute Gasteiger partial charge is 0.252 e. The monoisotopic (exact) mass is 499 g/mol. The van der Waals surface area contributed by atoms with E-state index >= 15 is 0 Å². The first kappa shape index (κ1) is 27.1. The molecule has 0 saturated heterocycles. The SMILES string of the molecule is COCCNC=O.O=CN(c1cccc(F)c1)C(C(=O)NC1CC(F)(F)C1)c1ccccc1Cl. The normalized spacial score (nSPS) is 15.1. The molecule has 0 heterocycles. The number of methoxy groups -OCH3 is 1. The van der Waals surface area contributed by atoms with E-state index in [1.165, 1.54) is 18.2 Å². The third kappa shape index (κ3) is 7.74. The largest absolute Gasteiger partial charge is 0.383 e. The maximum absolute atomic E-state index is 13.6. The number of alkyl halides is 2. The lowest BCUT2D eigenvalue weighted by Crippen LogP contribution is -2.53. The fourth-order valence-electron chi connectivity index (χ4n) is 3.29. The summed E-state index contributed by atoms with van der Waals surface area (Å²) in [6, 6.07) is 9.62. The topological polar surface area (TPSA) is 87.7 Å². The lowest BCUT2D eigenvalue weighted by Gasteiger charge is -2.37. The summed E-state index contributed by atoms with van der Waals surface area (Å²) in [6.07, 6.45) is 0.112. The molecule has 11 heteroatoms. The molecule has 2 N–H and O–H groups in total. The predicted octanol–water partition coefficient (Wildman–Crippen LogP) is 3.48. The van der Waals surface area contributed by atoms with Crippen LogP contribution in [-0.4, -0.2) is 51.0 Å². The fraction of sp³-hybridized carbons (Fsp3) is 0.348. The van der Waals surface area contributed by atoms with E-state index in [0.717, 1.165) is 11.0 Å². The number of halogens is 4. The standard InChI is InChI=1S/C19H16ClF3N2O2.C4H9NO2/c20-16-7-2-1-6-15(16)17(18(27)24-13-9-19(22,23)10-13)25(11-26)14-5-3-4-12(21)8-14;1-7-3-2-5-4-6/h1-8,11,13,17H,9-10H2,(H,24,27);4H,2-3H2,1H3,(H,5,6). The van der Waals surface area contributed by atoms with Crippen LogP contribution in [0, 0.1) is 5.82 Å². The minimum atomic E-state index is -2.80. The average molecular weight is 500 g/mol. The summed E-state index contributed by atoms with van der Waals surface area (Å²) in [4.78, 5) is 35.2. The van der Waals surface area contributed by atoms with Crippen molar-refractivity contribution in [2.24, 2.45) is 0 Å². The molecule has 3 amide bonds. The molecule has 1 aliphatic rings.